The van der Waals surface area contributed by atoms with Crippen LogP contribution < -0.4 is 4.74 Å². The molecule has 0 radical (unpaired) electrons. The fourth-order valence-electron chi connectivity index (χ4n) is 3.21. The highest BCUT2D eigenvalue weighted by atomic mass is 32.1. The molecule has 1 aliphatic carbocycles. The van der Waals surface area contributed by atoms with E-state index in [1.807, 2.05) is 24.3 Å². The summed E-state index contributed by atoms with van der Waals surface area (Å²) in [4.78, 5) is 11.8. The minimum Gasteiger partial charge on any atom is -0.508 e. The topological polar surface area (TPSA) is 66.8 Å². The van der Waals surface area contributed by atoms with Crippen LogP contribution in [-0.4, -0.2) is 16.0 Å². The van der Waals surface area contributed by atoms with Crippen LogP contribution in [0, 0.1) is 11.7 Å². The first-order valence-corrected chi connectivity index (χ1v) is 10.2. The first-order valence-electron chi connectivity index (χ1n) is 9.40. The predicted octanol–water partition coefficient (Wildman–Crippen LogP) is 6.10. The number of rotatable bonds is 5. The Bertz CT molecular complexity index is 1220. The number of fused-ring (bicyclic) bond motifs is 1. The number of hydrogen-bond donors (Lipinski definition) is 2. The van der Waals surface area contributed by atoms with Gasteiger partial charge in [0.15, 0.2) is 23.1 Å². The highest BCUT2D eigenvalue weighted by molar-refractivity contribution is 7.22. The zero-order valence-electron chi connectivity index (χ0n) is 16.1. The molecule has 1 aromatic heterocycles. The summed E-state index contributed by atoms with van der Waals surface area (Å²) in [6.07, 6.45) is 9.88. The van der Waals surface area contributed by atoms with Gasteiger partial charge in [-0.25, -0.2) is 4.39 Å². The van der Waals surface area contributed by atoms with Gasteiger partial charge in [0.2, 0.25) is 0 Å². The zero-order chi connectivity index (χ0) is 21.3. The number of carbonyl (C=O) groups excluding carboxylic acids is 1. The monoisotopic (exact) mass is 422 g/mol. The number of ketones is 1. The number of aromatic hydroxyl groups is 2. The van der Waals surface area contributed by atoms with Gasteiger partial charge < -0.3 is 14.9 Å². The molecule has 0 saturated carbocycles. The van der Waals surface area contributed by atoms with Crippen molar-refractivity contribution in [2.24, 2.45) is 5.92 Å². The number of allylic oxidation sites excluding steroid dienone is 5. The molecule has 0 spiro atoms. The molecule has 1 heterocycles. The molecule has 6 heteroatoms. The maximum absolute atomic E-state index is 14.0. The molecule has 152 valence electrons. The van der Waals surface area contributed by atoms with E-state index in [0.717, 1.165) is 10.1 Å². The summed E-state index contributed by atoms with van der Waals surface area (Å²) in [7, 11) is 0. The quantitative estimate of drug-likeness (QED) is 0.488. The Balaban J connectivity index is 1.70. The van der Waals surface area contributed by atoms with Gasteiger partial charge in [0, 0.05) is 10.1 Å². The summed E-state index contributed by atoms with van der Waals surface area (Å²) in [5.41, 5.74) is 0.573. The minimum atomic E-state index is -0.712. The first-order chi connectivity index (χ1) is 14.4. The van der Waals surface area contributed by atoms with Crippen molar-refractivity contribution in [1.29, 1.82) is 0 Å². The maximum Gasteiger partial charge on any atom is 0.165 e. The lowest BCUT2D eigenvalue weighted by Crippen LogP contribution is -2.02. The first kappa shape index (κ1) is 19.9. The Morgan fingerprint density at radius 2 is 2.07 bits per heavy atom. The van der Waals surface area contributed by atoms with Crippen molar-refractivity contribution in [2.75, 3.05) is 0 Å². The van der Waals surface area contributed by atoms with Gasteiger partial charge in [-0.15, -0.1) is 11.3 Å². The number of thiophene rings is 1. The Hall–Kier alpha value is -3.38. The van der Waals surface area contributed by atoms with Crippen LogP contribution in [0.3, 0.4) is 0 Å². The lowest BCUT2D eigenvalue weighted by Gasteiger charge is -2.15. The van der Waals surface area contributed by atoms with Crippen molar-refractivity contribution in [3.63, 3.8) is 0 Å². The molecule has 0 saturated heterocycles. The molecule has 0 fully saturated rings. The van der Waals surface area contributed by atoms with E-state index in [1.165, 1.54) is 30.4 Å². The molecule has 1 aliphatic rings. The molecule has 0 bridgehead atoms. The molecular weight excluding hydrogens is 403 g/mol. The van der Waals surface area contributed by atoms with Crippen molar-refractivity contribution in [3.05, 3.63) is 78.4 Å². The molecule has 1 atom stereocenters. The van der Waals surface area contributed by atoms with Gasteiger partial charge in [0.25, 0.3) is 0 Å². The SMILES string of the molecule is CC(=O)/C=C/C1C=CC(Oc2c(-c3ccc(O)c(F)c3)sc3cc(O)ccc23)=CC1. The molecule has 2 N–H and O–H groups in total. The molecule has 3 aromatic rings. The number of benzene rings is 2. The normalized spacial score (nSPS) is 16.2. The minimum absolute atomic E-state index is 0.00759. The van der Waals surface area contributed by atoms with Gasteiger partial charge >= 0.3 is 0 Å². The van der Waals surface area contributed by atoms with E-state index in [-0.39, 0.29) is 17.5 Å². The second kappa shape index (κ2) is 8.16. The van der Waals surface area contributed by atoms with Crippen molar-refractivity contribution in [3.8, 4) is 27.7 Å². The van der Waals surface area contributed by atoms with Crippen molar-refractivity contribution in [2.45, 2.75) is 13.3 Å². The van der Waals surface area contributed by atoms with Crippen LogP contribution in [0.2, 0.25) is 0 Å². The lowest BCUT2D eigenvalue weighted by molar-refractivity contribution is -0.112. The highest BCUT2D eigenvalue weighted by Gasteiger charge is 2.19. The Labute approximate surface area is 176 Å². The smallest absolute Gasteiger partial charge is 0.165 e. The summed E-state index contributed by atoms with van der Waals surface area (Å²) in [6, 6.07) is 9.19. The maximum atomic E-state index is 14.0. The van der Waals surface area contributed by atoms with E-state index >= 15 is 0 Å². The third-order valence-corrected chi connectivity index (χ3v) is 5.92. The van der Waals surface area contributed by atoms with Crippen molar-refractivity contribution >= 4 is 27.2 Å². The number of ether oxygens (including phenoxy) is 1. The molecule has 1 unspecified atom stereocenters. The average Bonchev–Trinajstić information content (AvgIpc) is 3.07. The summed E-state index contributed by atoms with van der Waals surface area (Å²) in [6.45, 7) is 1.51. The lowest BCUT2D eigenvalue weighted by atomic mass is 9.99. The molecule has 4 rings (SSSR count). The third kappa shape index (κ3) is 4.14. The number of halogens is 1. The van der Waals surface area contributed by atoms with Gasteiger partial charge in [-0.2, -0.15) is 0 Å². The molecular formula is C24H19FO4S. The van der Waals surface area contributed by atoms with Crippen molar-refractivity contribution < 1.29 is 24.1 Å². The van der Waals surface area contributed by atoms with Gasteiger partial charge in [-0.3, -0.25) is 4.79 Å². The zero-order valence-corrected chi connectivity index (χ0v) is 16.9. The summed E-state index contributed by atoms with van der Waals surface area (Å²) in [5, 5.41) is 20.2. The van der Waals surface area contributed by atoms with E-state index < -0.39 is 11.6 Å². The van der Waals surface area contributed by atoms with Crippen LogP contribution >= 0.6 is 11.3 Å². The van der Waals surface area contributed by atoms with Crippen LogP contribution in [0.1, 0.15) is 13.3 Å². The van der Waals surface area contributed by atoms with E-state index in [0.29, 0.717) is 28.4 Å². The van der Waals surface area contributed by atoms with Gasteiger partial charge in [-0.1, -0.05) is 12.2 Å². The fraction of sp³-hybridized carbons (Fsp3) is 0.125. The van der Waals surface area contributed by atoms with Crippen molar-refractivity contribution in [1.82, 2.24) is 0 Å². The van der Waals surface area contributed by atoms with Crippen LogP contribution in [0.5, 0.6) is 17.2 Å². The standard InChI is InChI=1S/C24H19FO4S/c1-14(26)2-3-15-4-8-18(9-5-15)29-23-19-10-7-17(27)13-22(19)30-24(23)16-6-11-21(28)20(25)12-16/h2-4,6-13,15,27-28H,5H2,1H3/b3-2+. The largest absolute Gasteiger partial charge is 0.508 e. The second-order valence-corrected chi connectivity index (χ2v) is 8.10. The fourth-order valence-corrected chi connectivity index (χ4v) is 4.37. The number of phenols is 2. The summed E-state index contributed by atoms with van der Waals surface area (Å²) < 4.78 is 21.0. The molecule has 4 nitrogen and oxygen atoms in total. The average molecular weight is 422 g/mol. The number of hydrogen-bond acceptors (Lipinski definition) is 5. The predicted molar refractivity (Wildman–Crippen MR) is 116 cm³/mol. The molecule has 0 aliphatic heterocycles. The Morgan fingerprint density at radius 1 is 1.23 bits per heavy atom. The van der Waals surface area contributed by atoms with E-state index in [1.54, 1.807) is 30.3 Å². The van der Waals surface area contributed by atoms with E-state index in [4.69, 9.17) is 4.74 Å². The Morgan fingerprint density at radius 3 is 2.77 bits per heavy atom. The van der Waals surface area contributed by atoms with Crippen LogP contribution in [0.25, 0.3) is 20.5 Å². The highest BCUT2D eigenvalue weighted by Crippen LogP contribution is 2.47. The van der Waals surface area contributed by atoms with Crippen LogP contribution in [-0.2, 0) is 4.79 Å². The number of phenolic OH excluding ortho intramolecular Hbond substituents is 2. The summed E-state index contributed by atoms with van der Waals surface area (Å²) >= 11 is 1.37. The van der Waals surface area contributed by atoms with Gasteiger partial charge in [0.1, 0.15) is 11.5 Å². The molecule has 2 aromatic carbocycles. The van der Waals surface area contributed by atoms with Gasteiger partial charge in [-0.05, 0) is 79.5 Å². The molecule has 30 heavy (non-hydrogen) atoms. The van der Waals surface area contributed by atoms with Crippen LogP contribution in [0.15, 0.2) is 72.5 Å². The Kier molecular flexibility index (Phi) is 5.42. The van der Waals surface area contributed by atoms with E-state index in [2.05, 4.69) is 0 Å². The van der Waals surface area contributed by atoms with Crippen LogP contribution in [0.4, 0.5) is 4.39 Å². The molecule has 0 amide bonds. The number of carbonyl (C=O) groups is 1. The second-order valence-electron chi connectivity index (χ2n) is 7.04. The van der Waals surface area contributed by atoms with Gasteiger partial charge in [0.05, 0.1) is 4.88 Å². The summed E-state index contributed by atoms with van der Waals surface area (Å²) in [5.74, 6) is 0.356. The van der Waals surface area contributed by atoms with E-state index in [9.17, 15) is 19.4 Å². The third-order valence-electron chi connectivity index (χ3n) is 4.73.